The van der Waals surface area contributed by atoms with E-state index in [0.29, 0.717) is 29.5 Å². The van der Waals surface area contributed by atoms with Crippen LogP contribution in [0.1, 0.15) is 106 Å². The van der Waals surface area contributed by atoms with E-state index in [1.54, 1.807) is 5.57 Å². The van der Waals surface area contributed by atoms with E-state index >= 15 is 0 Å². The smallest absolute Gasteiger partial charge is 0.160 e. The van der Waals surface area contributed by atoms with Crippen molar-refractivity contribution in [3.05, 3.63) is 22.8 Å². The minimum absolute atomic E-state index is 0.0231. The summed E-state index contributed by atoms with van der Waals surface area (Å²) in [5.41, 5.74) is 4.77. The van der Waals surface area contributed by atoms with Crippen LogP contribution in [-0.2, 0) is 4.79 Å². The first-order valence-corrected chi connectivity index (χ1v) is 12.9. The van der Waals surface area contributed by atoms with Gasteiger partial charge in [-0.1, -0.05) is 54.5 Å². The lowest BCUT2D eigenvalue weighted by molar-refractivity contribution is -0.195. The van der Waals surface area contributed by atoms with Crippen LogP contribution in [-0.4, -0.2) is 17.0 Å². The van der Waals surface area contributed by atoms with Crippen LogP contribution in [0.2, 0.25) is 0 Å². The molecule has 0 spiro atoms. The fourth-order valence-electron chi connectivity index (χ4n) is 9.53. The maximum Gasteiger partial charge on any atom is 0.160 e. The third-order valence-electron chi connectivity index (χ3n) is 11.7. The van der Waals surface area contributed by atoms with Crippen molar-refractivity contribution in [2.24, 2.45) is 38.9 Å². The van der Waals surface area contributed by atoms with Crippen LogP contribution in [0, 0.1) is 38.9 Å². The highest BCUT2D eigenvalue weighted by Gasteiger charge is 2.66. The zero-order valence-electron chi connectivity index (χ0n) is 21.0. The van der Waals surface area contributed by atoms with E-state index < -0.39 is 0 Å². The molecule has 0 heterocycles. The monoisotopic (exact) mass is 424 g/mol. The fourth-order valence-corrected chi connectivity index (χ4v) is 9.53. The Hall–Kier alpha value is -0.890. The van der Waals surface area contributed by atoms with Crippen molar-refractivity contribution in [1.82, 2.24) is 0 Å². The van der Waals surface area contributed by atoms with Crippen LogP contribution in [0.15, 0.2) is 22.8 Å². The lowest BCUT2D eigenvalue weighted by atomic mass is 9.35. The molecule has 0 aromatic carbocycles. The maximum atomic E-state index is 13.5. The predicted octanol–water partition coefficient (Wildman–Crippen LogP) is 7.02. The standard InChI is InChI=1S/C29H44O2/c1-25(2)13-10-18-19(16-25)20-8-9-23-27(5)14-12-24(31)26(3,4)22(27)11-15-28(23,6)29(20,7)17-21(18)30/h8,22-24,31H,9-17H2,1-7H3/t22-,23+,24-,27-,28+,29+/m0/s1. The third kappa shape index (κ3) is 2.69. The third-order valence-corrected chi connectivity index (χ3v) is 11.7. The van der Waals surface area contributed by atoms with Gasteiger partial charge in [0, 0.05) is 11.8 Å². The Morgan fingerprint density at radius 3 is 2.29 bits per heavy atom. The summed E-state index contributed by atoms with van der Waals surface area (Å²) in [5, 5.41) is 10.8. The van der Waals surface area contributed by atoms with E-state index in [1.165, 1.54) is 24.0 Å². The topological polar surface area (TPSA) is 37.3 Å². The highest BCUT2D eigenvalue weighted by molar-refractivity contribution is 5.99. The maximum absolute atomic E-state index is 13.5. The van der Waals surface area contributed by atoms with Crippen molar-refractivity contribution < 1.29 is 9.90 Å². The Labute approximate surface area is 190 Å². The number of hydrogen-bond acceptors (Lipinski definition) is 2. The van der Waals surface area contributed by atoms with Crippen LogP contribution in [0.5, 0.6) is 0 Å². The molecule has 0 bridgehead atoms. The second-order valence-corrected chi connectivity index (χ2v) is 14.0. The Kier molecular flexibility index (Phi) is 4.50. The molecular formula is C29H44O2. The lowest BCUT2D eigenvalue weighted by Crippen LogP contribution is -2.63. The van der Waals surface area contributed by atoms with Crippen LogP contribution >= 0.6 is 0 Å². The van der Waals surface area contributed by atoms with Gasteiger partial charge < -0.3 is 5.11 Å². The van der Waals surface area contributed by atoms with Crippen LogP contribution in [0.3, 0.4) is 0 Å². The number of ketones is 1. The van der Waals surface area contributed by atoms with E-state index in [4.69, 9.17) is 0 Å². The number of aliphatic hydroxyl groups is 1. The number of allylic oxidation sites excluding steroid dienone is 4. The summed E-state index contributed by atoms with van der Waals surface area (Å²) in [5.74, 6) is 1.59. The highest BCUT2D eigenvalue weighted by Crippen LogP contribution is 2.73. The van der Waals surface area contributed by atoms with Gasteiger partial charge in [-0.15, -0.1) is 0 Å². The summed E-state index contributed by atoms with van der Waals surface area (Å²) in [7, 11) is 0. The van der Waals surface area contributed by atoms with Crippen LogP contribution in [0.25, 0.3) is 0 Å². The molecule has 5 rings (SSSR count). The lowest BCUT2D eigenvalue weighted by Gasteiger charge is -2.69. The van der Waals surface area contributed by atoms with Crippen molar-refractivity contribution in [2.75, 3.05) is 0 Å². The van der Waals surface area contributed by atoms with Gasteiger partial charge in [-0.2, -0.15) is 0 Å². The molecule has 0 amide bonds. The number of fused-ring (bicyclic) bond motifs is 6. The zero-order valence-corrected chi connectivity index (χ0v) is 21.0. The summed E-state index contributed by atoms with van der Waals surface area (Å²) >= 11 is 0. The molecule has 2 fully saturated rings. The van der Waals surface area contributed by atoms with Crippen molar-refractivity contribution in [3.63, 3.8) is 0 Å². The van der Waals surface area contributed by atoms with Gasteiger partial charge in [-0.05, 0) is 102 Å². The molecule has 5 aliphatic carbocycles. The first-order valence-electron chi connectivity index (χ1n) is 12.9. The molecule has 0 radical (unpaired) electrons. The minimum Gasteiger partial charge on any atom is -0.393 e. The molecule has 2 nitrogen and oxygen atoms in total. The molecule has 1 N–H and O–H groups in total. The minimum atomic E-state index is -0.186. The van der Waals surface area contributed by atoms with Crippen molar-refractivity contribution in [1.29, 1.82) is 0 Å². The number of hydrogen-bond donors (Lipinski definition) is 1. The number of Topliss-reactive ketones (excluding diaryl/α,β-unsaturated/α-hetero) is 1. The quantitative estimate of drug-likeness (QED) is 0.453. The van der Waals surface area contributed by atoms with Gasteiger partial charge in [0.05, 0.1) is 6.10 Å². The first kappa shape index (κ1) is 21.9. The van der Waals surface area contributed by atoms with Crippen molar-refractivity contribution >= 4 is 5.78 Å². The normalized spacial score (nSPS) is 48.2. The van der Waals surface area contributed by atoms with Crippen LogP contribution in [0.4, 0.5) is 0 Å². The molecular weight excluding hydrogens is 380 g/mol. The molecule has 0 aromatic rings. The molecule has 0 aliphatic heterocycles. The number of carbonyl (C=O) groups is 1. The molecule has 5 aliphatic rings. The van der Waals surface area contributed by atoms with Gasteiger partial charge in [0.15, 0.2) is 5.78 Å². The fraction of sp³-hybridized carbons (Fsp3) is 0.828. The molecule has 0 saturated heterocycles. The molecule has 2 heteroatoms. The Bertz CT molecular complexity index is 888. The summed E-state index contributed by atoms with van der Waals surface area (Å²) in [6, 6.07) is 0. The molecule has 0 unspecified atom stereocenters. The Balaban J connectivity index is 1.62. The predicted molar refractivity (Wildman–Crippen MR) is 127 cm³/mol. The SMILES string of the molecule is CC1(C)CCC2=C(C1)C1=CC[C@@H]3[C@@]4(C)CC[C@H](O)C(C)(C)[C@@H]4CC[C@@]3(C)[C@]1(C)CC2=O. The molecule has 31 heavy (non-hydrogen) atoms. The number of aliphatic hydroxyl groups excluding tert-OH is 1. The number of rotatable bonds is 0. The average molecular weight is 425 g/mol. The second kappa shape index (κ2) is 6.37. The van der Waals surface area contributed by atoms with Gasteiger partial charge in [0.1, 0.15) is 0 Å². The van der Waals surface area contributed by atoms with Gasteiger partial charge in [-0.3, -0.25) is 4.79 Å². The molecule has 0 aromatic heterocycles. The molecule has 6 atom stereocenters. The van der Waals surface area contributed by atoms with Gasteiger partial charge >= 0.3 is 0 Å². The summed E-state index contributed by atoms with van der Waals surface area (Å²) in [6.07, 6.45) is 11.8. The van der Waals surface area contributed by atoms with Gasteiger partial charge in [-0.25, -0.2) is 0 Å². The van der Waals surface area contributed by atoms with Crippen molar-refractivity contribution in [3.8, 4) is 0 Å². The highest BCUT2D eigenvalue weighted by atomic mass is 16.3. The zero-order chi connectivity index (χ0) is 22.6. The Morgan fingerprint density at radius 2 is 1.58 bits per heavy atom. The van der Waals surface area contributed by atoms with Crippen molar-refractivity contribution in [2.45, 2.75) is 112 Å². The Morgan fingerprint density at radius 1 is 0.871 bits per heavy atom. The van der Waals surface area contributed by atoms with E-state index in [9.17, 15) is 9.90 Å². The summed E-state index contributed by atoms with van der Waals surface area (Å²) in [6.45, 7) is 16.9. The van der Waals surface area contributed by atoms with E-state index in [0.717, 1.165) is 38.5 Å². The molecule has 2 saturated carbocycles. The first-order chi connectivity index (χ1) is 14.3. The van der Waals surface area contributed by atoms with E-state index in [1.807, 2.05) is 0 Å². The second-order valence-electron chi connectivity index (χ2n) is 14.0. The van der Waals surface area contributed by atoms with Gasteiger partial charge in [0.2, 0.25) is 0 Å². The largest absolute Gasteiger partial charge is 0.393 e. The molecule has 172 valence electrons. The van der Waals surface area contributed by atoms with Crippen LogP contribution < -0.4 is 0 Å². The average Bonchev–Trinajstić information content (AvgIpc) is 2.65. The number of carbonyl (C=O) groups excluding carboxylic acids is 1. The summed E-state index contributed by atoms with van der Waals surface area (Å²) in [4.78, 5) is 13.5. The van der Waals surface area contributed by atoms with E-state index in [2.05, 4.69) is 54.5 Å². The van der Waals surface area contributed by atoms with Gasteiger partial charge in [0.25, 0.3) is 0 Å². The summed E-state index contributed by atoms with van der Waals surface area (Å²) < 4.78 is 0. The van der Waals surface area contributed by atoms with E-state index in [-0.39, 0.29) is 27.8 Å².